The Morgan fingerprint density at radius 1 is 1.00 bits per heavy atom. The molecule has 7 nitrogen and oxygen atoms in total. The van der Waals surface area contributed by atoms with Crippen molar-refractivity contribution in [1.29, 1.82) is 0 Å². The van der Waals surface area contributed by atoms with Gasteiger partial charge in [-0.25, -0.2) is 4.79 Å². The monoisotopic (exact) mass is 466 g/mol. The number of carboxylic acids is 1. The Kier molecular flexibility index (Phi) is 7.64. The molecule has 0 saturated heterocycles. The van der Waals surface area contributed by atoms with E-state index < -0.39 is 36.1 Å². The number of nitrogens with zero attached hydrogens (tertiary/aromatic N) is 1. The van der Waals surface area contributed by atoms with Gasteiger partial charge in [-0.15, -0.1) is 0 Å². The fourth-order valence-electron chi connectivity index (χ4n) is 4.44. The fourth-order valence-corrected chi connectivity index (χ4v) is 4.44. The second-order valence-corrected chi connectivity index (χ2v) is 10.1. The summed E-state index contributed by atoms with van der Waals surface area (Å²) in [4.78, 5) is 38.7. The van der Waals surface area contributed by atoms with Crippen molar-refractivity contribution in [3.05, 3.63) is 59.7 Å². The summed E-state index contributed by atoms with van der Waals surface area (Å²) in [5, 5.41) is 12.0. The number of carbonyl (C=O) groups excluding carboxylic acids is 2. The zero-order valence-corrected chi connectivity index (χ0v) is 20.5. The molecular weight excluding hydrogens is 432 g/mol. The average molecular weight is 467 g/mol. The van der Waals surface area contributed by atoms with Crippen LogP contribution >= 0.6 is 0 Å². The van der Waals surface area contributed by atoms with Crippen molar-refractivity contribution in [2.24, 2.45) is 5.92 Å². The largest absolute Gasteiger partial charge is 0.480 e. The Bertz CT molecular complexity index is 1010. The van der Waals surface area contributed by atoms with Gasteiger partial charge >= 0.3 is 12.1 Å². The third-order valence-electron chi connectivity index (χ3n) is 6.01. The molecule has 182 valence electrons. The molecule has 2 aromatic carbocycles. The highest BCUT2D eigenvalue weighted by Gasteiger charge is 2.35. The lowest BCUT2D eigenvalue weighted by Gasteiger charge is -2.37. The van der Waals surface area contributed by atoms with Gasteiger partial charge in [-0.05, 0) is 55.4 Å². The number of aliphatic carboxylic acids is 1. The molecule has 1 atom stereocenters. The number of carbonyl (C=O) groups is 3. The molecule has 0 saturated carbocycles. The second kappa shape index (κ2) is 10.3. The van der Waals surface area contributed by atoms with Crippen LogP contribution in [0.15, 0.2) is 48.5 Å². The average Bonchev–Trinajstić information content (AvgIpc) is 3.08. The third kappa shape index (κ3) is 5.76. The van der Waals surface area contributed by atoms with E-state index in [2.05, 4.69) is 17.4 Å². The Labute approximate surface area is 201 Å². The summed E-state index contributed by atoms with van der Waals surface area (Å²) in [5.74, 6) is -1.52. The lowest BCUT2D eigenvalue weighted by molar-refractivity contribution is -0.149. The van der Waals surface area contributed by atoms with Crippen LogP contribution < -0.4 is 5.32 Å². The quantitative estimate of drug-likeness (QED) is 0.590. The number of hydrogen-bond donors (Lipinski definition) is 2. The number of fused-ring (bicyclic) bond motifs is 3. The van der Waals surface area contributed by atoms with Crippen LogP contribution in [0.5, 0.6) is 0 Å². The first kappa shape index (κ1) is 25.3. The van der Waals surface area contributed by atoms with Crippen molar-refractivity contribution < 1.29 is 24.2 Å². The van der Waals surface area contributed by atoms with E-state index in [9.17, 15) is 19.5 Å². The number of nitrogens with one attached hydrogen (secondary N) is 1. The predicted octanol–water partition coefficient (Wildman–Crippen LogP) is 4.65. The van der Waals surface area contributed by atoms with Crippen molar-refractivity contribution in [2.45, 2.75) is 58.5 Å². The highest BCUT2D eigenvalue weighted by atomic mass is 16.5. The zero-order valence-electron chi connectivity index (χ0n) is 20.5. The van der Waals surface area contributed by atoms with Crippen molar-refractivity contribution in [3.8, 4) is 11.1 Å². The highest BCUT2D eigenvalue weighted by Crippen LogP contribution is 2.44. The lowest BCUT2D eigenvalue weighted by atomic mass is 9.98. The molecule has 1 aliphatic carbocycles. The second-order valence-electron chi connectivity index (χ2n) is 10.1. The fraction of sp³-hybridized carbons (Fsp3) is 0.444. The van der Waals surface area contributed by atoms with Crippen LogP contribution in [0.4, 0.5) is 4.79 Å². The Hall–Kier alpha value is -3.35. The van der Waals surface area contributed by atoms with Crippen molar-refractivity contribution in [1.82, 2.24) is 10.2 Å². The standard InChI is InChI=1S/C27H34N2O5/c1-17(2)14-23(25(32)29(15-24(30)31)27(3,4)5)28-26(33)34-16-22-20-12-8-6-10-18(20)19-11-7-9-13-21(19)22/h6-13,17,22-23H,14-16H2,1-5H3,(H,28,33)(H,30,31)/t23-/m0/s1. The molecule has 2 N–H and O–H groups in total. The van der Waals surface area contributed by atoms with Crippen molar-refractivity contribution >= 4 is 18.0 Å². The zero-order chi connectivity index (χ0) is 25.0. The molecule has 0 bridgehead atoms. The molecule has 0 radical (unpaired) electrons. The van der Waals surface area contributed by atoms with Gasteiger partial charge in [0.25, 0.3) is 0 Å². The van der Waals surface area contributed by atoms with Gasteiger partial charge in [0.2, 0.25) is 5.91 Å². The first-order chi connectivity index (χ1) is 16.0. The van der Waals surface area contributed by atoms with E-state index >= 15 is 0 Å². The molecule has 0 heterocycles. The summed E-state index contributed by atoms with van der Waals surface area (Å²) in [7, 11) is 0. The molecular formula is C27H34N2O5. The van der Waals surface area contributed by atoms with E-state index in [4.69, 9.17) is 4.74 Å². The van der Waals surface area contributed by atoms with E-state index in [-0.39, 0.29) is 18.4 Å². The number of carboxylic acid groups (broad SMARTS) is 1. The number of amides is 2. The van der Waals surface area contributed by atoms with E-state index in [1.807, 2.05) is 50.2 Å². The maximum absolute atomic E-state index is 13.3. The maximum atomic E-state index is 13.3. The van der Waals surface area contributed by atoms with Gasteiger partial charge in [0.05, 0.1) is 0 Å². The third-order valence-corrected chi connectivity index (χ3v) is 6.01. The summed E-state index contributed by atoms with van der Waals surface area (Å²) in [5.41, 5.74) is 3.76. The summed E-state index contributed by atoms with van der Waals surface area (Å²) in [6.07, 6.45) is -0.320. The molecule has 1 aliphatic rings. The summed E-state index contributed by atoms with van der Waals surface area (Å²) in [6.45, 7) is 8.90. The van der Waals surface area contributed by atoms with E-state index in [1.54, 1.807) is 20.8 Å². The summed E-state index contributed by atoms with van der Waals surface area (Å²) >= 11 is 0. The molecule has 2 aromatic rings. The normalized spacial score (nSPS) is 13.7. The minimum Gasteiger partial charge on any atom is -0.480 e. The van der Waals surface area contributed by atoms with Crippen LogP contribution in [0, 0.1) is 5.92 Å². The smallest absolute Gasteiger partial charge is 0.407 e. The van der Waals surface area contributed by atoms with Gasteiger partial charge in [0.1, 0.15) is 19.2 Å². The Morgan fingerprint density at radius 2 is 1.53 bits per heavy atom. The SMILES string of the molecule is CC(C)C[C@H](NC(=O)OCC1c2ccccc2-c2ccccc21)C(=O)N(CC(=O)O)C(C)(C)C. The molecule has 2 amide bonds. The van der Waals surface area contributed by atoms with E-state index in [0.29, 0.717) is 6.42 Å². The highest BCUT2D eigenvalue weighted by molar-refractivity contribution is 5.88. The van der Waals surface area contributed by atoms with Crippen LogP contribution in [-0.4, -0.2) is 52.7 Å². The van der Waals surface area contributed by atoms with E-state index in [0.717, 1.165) is 22.3 Å². The van der Waals surface area contributed by atoms with Gasteiger partial charge in [-0.3, -0.25) is 9.59 Å². The number of alkyl carbamates (subject to hydrolysis) is 1. The minimum atomic E-state index is -1.10. The first-order valence-corrected chi connectivity index (χ1v) is 11.6. The van der Waals surface area contributed by atoms with Gasteiger partial charge in [-0.2, -0.15) is 0 Å². The number of ether oxygens (including phenoxy) is 1. The molecule has 0 aliphatic heterocycles. The molecule has 0 unspecified atom stereocenters. The molecule has 34 heavy (non-hydrogen) atoms. The number of rotatable bonds is 8. The minimum absolute atomic E-state index is 0.0875. The van der Waals surface area contributed by atoms with Gasteiger partial charge in [0, 0.05) is 11.5 Å². The van der Waals surface area contributed by atoms with Crippen LogP contribution in [0.2, 0.25) is 0 Å². The molecule has 0 fully saturated rings. The maximum Gasteiger partial charge on any atom is 0.407 e. The van der Waals surface area contributed by atoms with Crippen molar-refractivity contribution in [2.75, 3.05) is 13.2 Å². The predicted molar refractivity (Wildman–Crippen MR) is 131 cm³/mol. The van der Waals surface area contributed by atoms with Crippen LogP contribution in [0.3, 0.4) is 0 Å². The Morgan fingerprint density at radius 3 is 2.00 bits per heavy atom. The number of hydrogen-bond acceptors (Lipinski definition) is 4. The first-order valence-electron chi connectivity index (χ1n) is 11.6. The molecule has 3 rings (SSSR count). The van der Waals surface area contributed by atoms with Crippen LogP contribution in [0.1, 0.15) is 58.1 Å². The summed E-state index contributed by atoms with van der Waals surface area (Å²) in [6, 6.07) is 15.3. The van der Waals surface area contributed by atoms with Crippen LogP contribution in [0.25, 0.3) is 11.1 Å². The lowest BCUT2D eigenvalue weighted by Crippen LogP contribution is -2.56. The molecule has 0 aromatic heterocycles. The van der Waals surface area contributed by atoms with Crippen molar-refractivity contribution in [3.63, 3.8) is 0 Å². The van der Waals surface area contributed by atoms with Gasteiger partial charge in [-0.1, -0.05) is 62.4 Å². The van der Waals surface area contributed by atoms with Gasteiger partial charge in [0.15, 0.2) is 0 Å². The Balaban J connectivity index is 1.73. The van der Waals surface area contributed by atoms with Gasteiger partial charge < -0.3 is 20.1 Å². The van der Waals surface area contributed by atoms with E-state index in [1.165, 1.54) is 4.90 Å². The topological polar surface area (TPSA) is 95.9 Å². The number of benzene rings is 2. The summed E-state index contributed by atoms with van der Waals surface area (Å²) < 4.78 is 5.61. The molecule has 7 heteroatoms. The van der Waals surface area contributed by atoms with Crippen LogP contribution in [-0.2, 0) is 14.3 Å². The molecule has 0 spiro atoms.